The predicted octanol–water partition coefficient (Wildman–Crippen LogP) is 3.12. The summed E-state index contributed by atoms with van der Waals surface area (Å²) in [7, 11) is 0. The number of halogens is 1. The van der Waals surface area contributed by atoms with Gasteiger partial charge in [-0.1, -0.05) is 18.5 Å². The SMILES string of the molecule is CSC(C)CC(=O)Nc1ccc(C(=O)O)c(Cl)c1. The van der Waals surface area contributed by atoms with E-state index in [0.29, 0.717) is 12.1 Å². The van der Waals surface area contributed by atoms with Crippen molar-refractivity contribution in [2.75, 3.05) is 11.6 Å². The minimum absolute atomic E-state index is 0.0205. The second kappa shape index (κ2) is 6.66. The predicted molar refractivity (Wildman–Crippen MR) is 74.6 cm³/mol. The summed E-state index contributed by atoms with van der Waals surface area (Å²) >= 11 is 7.41. The van der Waals surface area contributed by atoms with E-state index in [4.69, 9.17) is 16.7 Å². The molecule has 6 heteroatoms. The first-order valence-corrected chi connectivity index (χ1v) is 6.96. The normalized spacial score (nSPS) is 11.9. The molecule has 1 atom stereocenters. The first kappa shape index (κ1) is 14.9. The zero-order valence-corrected chi connectivity index (χ0v) is 11.6. The van der Waals surface area contributed by atoms with E-state index in [1.165, 1.54) is 18.2 Å². The third-order valence-electron chi connectivity index (χ3n) is 2.36. The van der Waals surface area contributed by atoms with Gasteiger partial charge >= 0.3 is 5.97 Å². The van der Waals surface area contributed by atoms with Gasteiger partial charge in [0.05, 0.1) is 10.6 Å². The van der Waals surface area contributed by atoms with Crippen LogP contribution >= 0.6 is 23.4 Å². The molecule has 1 rings (SSSR count). The van der Waals surface area contributed by atoms with Crippen LogP contribution < -0.4 is 5.32 Å². The molecule has 1 amide bonds. The first-order valence-electron chi connectivity index (χ1n) is 5.29. The molecule has 0 radical (unpaired) electrons. The minimum Gasteiger partial charge on any atom is -0.478 e. The van der Waals surface area contributed by atoms with Crippen LogP contribution in [0.25, 0.3) is 0 Å². The van der Waals surface area contributed by atoms with Crippen molar-refractivity contribution in [3.05, 3.63) is 28.8 Å². The van der Waals surface area contributed by atoms with Gasteiger partial charge in [-0.3, -0.25) is 4.79 Å². The topological polar surface area (TPSA) is 66.4 Å². The number of benzene rings is 1. The molecule has 0 aromatic heterocycles. The zero-order chi connectivity index (χ0) is 13.7. The van der Waals surface area contributed by atoms with Gasteiger partial charge in [-0.2, -0.15) is 11.8 Å². The lowest BCUT2D eigenvalue weighted by Gasteiger charge is -2.09. The van der Waals surface area contributed by atoms with Crippen LogP contribution in [0.2, 0.25) is 5.02 Å². The number of carbonyl (C=O) groups is 2. The van der Waals surface area contributed by atoms with Crippen molar-refractivity contribution in [2.45, 2.75) is 18.6 Å². The van der Waals surface area contributed by atoms with Crippen LogP contribution in [-0.2, 0) is 4.79 Å². The molecular formula is C12H14ClNO3S. The van der Waals surface area contributed by atoms with Crippen LogP contribution in [0.5, 0.6) is 0 Å². The van der Waals surface area contributed by atoms with Crippen molar-refractivity contribution in [1.29, 1.82) is 0 Å². The number of hydrogen-bond donors (Lipinski definition) is 2. The van der Waals surface area contributed by atoms with Crippen LogP contribution in [0.3, 0.4) is 0 Å². The van der Waals surface area contributed by atoms with Gasteiger partial charge in [0.15, 0.2) is 0 Å². The van der Waals surface area contributed by atoms with Crippen LogP contribution in [0.15, 0.2) is 18.2 Å². The Morgan fingerprint density at radius 1 is 1.50 bits per heavy atom. The number of carboxylic acids is 1. The molecule has 0 saturated carbocycles. The third-order valence-corrected chi connectivity index (χ3v) is 3.64. The van der Waals surface area contributed by atoms with Crippen molar-refractivity contribution in [1.82, 2.24) is 0 Å². The Labute approximate surface area is 115 Å². The number of amides is 1. The largest absolute Gasteiger partial charge is 0.478 e. The highest BCUT2D eigenvalue weighted by atomic mass is 35.5. The van der Waals surface area contributed by atoms with Crippen molar-refractivity contribution in [3.63, 3.8) is 0 Å². The molecule has 18 heavy (non-hydrogen) atoms. The molecular weight excluding hydrogens is 274 g/mol. The van der Waals surface area contributed by atoms with E-state index in [0.717, 1.165) is 0 Å². The molecule has 1 unspecified atom stereocenters. The van der Waals surface area contributed by atoms with Gasteiger partial charge in [0.2, 0.25) is 5.91 Å². The molecule has 1 aromatic carbocycles. The average Bonchev–Trinajstić information content (AvgIpc) is 2.28. The summed E-state index contributed by atoms with van der Waals surface area (Å²) in [5.74, 6) is -1.20. The average molecular weight is 288 g/mol. The van der Waals surface area contributed by atoms with E-state index in [9.17, 15) is 9.59 Å². The molecule has 4 nitrogen and oxygen atoms in total. The van der Waals surface area contributed by atoms with E-state index in [-0.39, 0.29) is 21.7 Å². The molecule has 0 bridgehead atoms. The van der Waals surface area contributed by atoms with E-state index in [1.807, 2.05) is 13.2 Å². The lowest BCUT2D eigenvalue weighted by molar-refractivity contribution is -0.116. The smallest absolute Gasteiger partial charge is 0.337 e. The minimum atomic E-state index is -1.09. The van der Waals surface area contributed by atoms with Gasteiger partial charge < -0.3 is 10.4 Å². The Kier molecular flexibility index (Phi) is 5.50. The number of anilines is 1. The maximum Gasteiger partial charge on any atom is 0.337 e. The summed E-state index contributed by atoms with van der Waals surface area (Å²) in [5, 5.41) is 11.8. The number of carbonyl (C=O) groups excluding carboxylic acids is 1. The highest BCUT2D eigenvalue weighted by Gasteiger charge is 2.11. The van der Waals surface area contributed by atoms with Crippen LogP contribution in [0.4, 0.5) is 5.69 Å². The van der Waals surface area contributed by atoms with Gasteiger partial charge in [-0.15, -0.1) is 0 Å². The lowest BCUT2D eigenvalue weighted by atomic mass is 10.2. The van der Waals surface area contributed by atoms with Gasteiger partial charge in [0.25, 0.3) is 0 Å². The molecule has 0 spiro atoms. The van der Waals surface area contributed by atoms with E-state index in [1.54, 1.807) is 11.8 Å². The molecule has 1 aromatic rings. The second-order valence-electron chi connectivity index (χ2n) is 3.80. The summed E-state index contributed by atoms with van der Waals surface area (Å²) in [6.45, 7) is 1.96. The number of hydrogen-bond acceptors (Lipinski definition) is 3. The molecule has 98 valence electrons. The number of nitrogens with one attached hydrogen (secondary N) is 1. The molecule has 0 aliphatic heterocycles. The Hall–Kier alpha value is -1.20. The number of aromatic carboxylic acids is 1. The lowest BCUT2D eigenvalue weighted by Crippen LogP contribution is -2.16. The highest BCUT2D eigenvalue weighted by molar-refractivity contribution is 7.99. The molecule has 0 saturated heterocycles. The maximum atomic E-state index is 11.6. The Bertz CT molecular complexity index is 465. The fourth-order valence-electron chi connectivity index (χ4n) is 1.32. The van der Waals surface area contributed by atoms with Crippen molar-refractivity contribution in [3.8, 4) is 0 Å². The van der Waals surface area contributed by atoms with Gasteiger partial charge in [-0.25, -0.2) is 4.79 Å². The van der Waals surface area contributed by atoms with Gasteiger partial charge in [0, 0.05) is 17.4 Å². The van der Waals surface area contributed by atoms with Crippen molar-refractivity contribution < 1.29 is 14.7 Å². The third kappa shape index (κ3) is 4.23. The highest BCUT2D eigenvalue weighted by Crippen LogP contribution is 2.21. The fraction of sp³-hybridized carbons (Fsp3) is 0.333. The van der Waals surface area contributed by atoms with Gasteiger partial charge in [0.1, 0.15) is 0 Å². The Balaban J connectivity index is 2.72. The number of rotatable bonds is 5. The molecule has 0 heterocycles. The monoisotopic (exact) mass is 287 g/mol. The van der Waals surface area contributed by atoms with Crippen molar-refractivity contribution >= 4 is 40.9 Å². The zero-order valence-electron chi connectivity index (χ0n) is 10.1. The molecule has 2 N–H and O–H groups in total. The molecule has 0 aliphatic carbocycles. The summed E-state index contributed by atoms with van der Waals surface area (Å²) < 4.78 is 0. The van der Waals surface area contributed by atoms with Crippen LogP contribution in [0, 0.1) is 0 Å². The second-order valence-corrected chi connectivity index (χ2v) is 5.48. The Morgan fingerprint density at radius 3 is 2.67 bits per heavy atom. The summed E-state index contributed by atoms with van der Waals surface area (Å²) in [6.07, 6.45) is 2.34. The first-order chi connectivity index (χ1) is 8.43. The maximum absolute atomic E-state index is 11.6. The van der Waals surface area contributed by atoms with Gasteiger partial charge in [-0.05, 0) is 24.5 Å². The fourth-order valence-corrected chi connectivity index (χ4v) is 1.90. The summed E-state index contributed by atoms with van der Waals surface area (Å²) in [5.41, 5.74) is 0.524. The summed E-state index contributed by atoms with van der Waals surface area (Å²) in [6, 6.07) is 4.34. The van der Waals surface area contributed by atoms with E-state index in [2.05, 4.69) is 5.32 Å². The molecule has 0 fully saturated rings. The van der Waals surface area contributed by atoms with Crippen molar-refractivity contribution in [2.24, 2.45) is 0 Å². The van der Waals surface area contributed by atoms with Crippen LogP contribution in [0.1, 0.15) is 23.7 Å². The number of thioether (sulfide) groups is 1. The number of carboxylic acid groups (broad SMARTS) is 1. The summed E-state index contributed by atoms with van der Waals surface area (Å²) in [4.78, 5) is 22.4. The standard InChI is InChI=1S/C12H14ClNO3S/c1-7(18-2)5-11(15)14-8-3-4-9(12(16)17)10(13)6-8/h3-4,6-7H,5H2,1-2H3,(H,14,15)(H,16,17). The van der Waals surface area contributed by atoms with Crippen LogP contribution in [-0.4, -0.2) is 28.5 Å². The van der Waals surface area contributed by atoms with E-state index < -0.39 is 5.97 Å². The Morgan fingerprint density at radius 2 is 2.17 bits per heavy atom. The quantitative estimate of drug-likeness (QED) is 0.873. The molecule has 0 aliphatic rings. The van der Waals surface area contributed by atoms with E-state index >= 15 is 0 Å².